The zero-order valence-electron chi connectivity index (χ0n) is 3.64. The van der Waals surface area contributed by atoms with E-state index in [0.29, 0.717) is 0 Å². The number of hydrogen-bond acceptors (Lipinski definition) is 0. The van der Waals surface area contributed by atoms with Crippen LogP contribution in [-0.4, -0.2) is 52.4 Å². The summed E-state index contributed by atoms with van der Waals surface area (Å²) in [6.07, 6.45) is 0. The van der Waals surface area contributed by atoms with Crippen LogP contribution in [-0.2, 0) is 92.7 Å². The van der Waals surface area contributed by atoms with Crippen molar-refractivity contribution >= 4 is 52.4 Å². The Labute approximate surface area is 142 Å². The molecular formula is Bi2Fe2Mo2O3. The summed E-state index contributed by atoms with van der Waals surface area (Å²) in [5, 5.41) is 0. The normalized spacial score (nSPS) is 0. The van der Waals surface area contributed by atoms with E-state index >= 15 is 0 Å². The van der Waals surface area contributed by atoms with Gasteiger partial charge in [-0.3, -0.25) is 0 Å². The molecule has 0 fully saturated rings. The van der Waals surface area contributed by atoms with Crippen LogP contribution < -0.4 is 0 Å². The van der Waals surface area contributed by atoms with Crippen molar-refractivity contribution in [2.75, 3.05) is 0 Å². The van der Waals surface area contributed by atoms with Gasteiger partial charge in [0.1, 0.15) is 0 Å². The van der Waals surface area contributed by atoms with Crippen LogP contribution in [0, 0.1) is 0 Å². The maximum atomic E-state index is 0. The minimum atomic E-state index is 0. The van der Waals surface area contributed by atoms with Gasteiger partial charge in [0.25, 0.3) is 0 Å². The van der Waals surface area contributed by atoms with Gasteiger partial charge in [-0.15, -0.1) is 0 Å². The van der Waals surface area contributed by atoms with Crippen LogP contribution in [0.3, 0.4) is 0 Å². The van der Waals surface area contributed by atoms with Gasteiger partial charge in [0, 0.05) is 94.5 Å². The van der Waals surface area contributed by atoms with Gasteiger partial charge >= 0.3 is 34.1 Å². The maximum absolute atomic E-state index is 0. The van der Waals surface area contributed by atoms with Gasteiger partial charge in [-0.2, -0.15) is 0 Å². The molecule has 0 aliphatic rings. The molecule has 3 nitrogen and oxygen atoms in total. The van der Waals surface area contributed by atoms with Crippen LogP contribution in [0.25, 0.3) is 0 Å². The Balaban J connectivity index is 0. The van der Waals surface area contributed by atoms with E-state index in [2.05, 4.69) is 0 Å². The van der Waals surface area contributed by atoms with Crippen LogP contribution in [0.15, 0.2) is 0 Å². The van der Waals surface area contributed by atoms with E-state index < -0.39 is 0 Å². The molecule has 0 bridgehead atoms. The monoisotopic (exact) mass is 774 g/mol. The van der Waals surface area contributed by atoms with Crippen molar-refractivity contribution in [2.45, 2.75) is 0 Å². The molecule has 0 aliphatic carbocycles. The van der Waals surface area contributed by atoms with Gasteiger partial charge < -0.3 is 16.4 Å². The molecule has 0 aromatic heterocycles. The van der Waals surface area contributed by atoms with Gasteiger partial charge in [0.05, 0.1) is 0 Å². The Hall–Kier alpha value is 4.06. The SMILES string of the molecule is [Bi].[Bi].[Fe+3].[Fe+3].[Mo].[Mo].[O-2].[O-2].[O-2]. The second-order valence-corrected chi connectivity index (χ2v) is 0. The second kappa shape index (κ2) is 89.5. The first-order valence-electron chi connectivity index (χ1n) is 0. The van der Waals surface area contributed by atoms with E-state index in [1.165, 1.54) is 0 Å². The Morgan fingerprint density at radius 1 is 0.444 bits per heavy atom. The fourth-order valence-corrected chi connectivity index (χ4v) is 0. The predicted octanol–water partition coefficient (Wildman–Crippen LogP) is -1.13. The van der Waals surface area contributed by atoms with E-state index in [9.17, 15) is 0 Å². The Morgan fingerprint density at radius 2 is 0.444 bits per heavy atom. The van der Waals surface area contributed by atoms with Crippen molar-refractivity contribution in [1.82, 2.24) is 0 Å². The van der Waals surface area contributed by atoms with Crippen LogP contribution in [0.2, 0.25) is 0 Å². The summed E-state index contributed by atoms with van der Waals surface area (Å²) < 4.78 is 0. The average molecular weight is 770 g/mol. The summed E-state index contributed by atoms with van der Waals surface area (Å²) in [5.74, 6) is 0. The van der Waals surface area contributed by atoms with Crippen molar-refractivity contribution in [3.8, 4) is 0 Å². The van der Waals surface area contributed by atoms with Gasteiger partial charge in [-0.25, -0.2) is 0 Å². The fourth-order valence-electron chi connectivity index (χ4n) is 0. The molecular weight excluding hydrogens is 770 g/mol. The third-order valence-corrected chi connectivity index (χ3v) is 0. The Morgan fingerprint density at radius 3 is 0.444 bits per heavy atom. The minimum Gasteiger partial charge on any atom is -2.00 e. The molecule has 0 amide bonds. The third-order valence-electron chi connectivity index (χ3n) is 0. The molecule has 0 heterocycles. The smallest absolute Gasteiger partial charge is 2.00 e. The average Bonchev–Trinajstić information content (AvgIpc) is 0. The molecule has 0 unspecified atom stereocenters. The summed E-state index contributed by atoms with van der Waals surface area (Å²) in [4.78, 5) is 0. The number of rotatable bonds is 0. The molecule has 0 aromatic rings. The Bertz CT molecular complexity index is 17.8. The van der Waals surface area contributed by atoms with E-state index in [-0.39, 0.29) is 145 Å². The van der Waals surface area contributed by atoms with E-state index in [0.717, 1.165) is 0 Å². The molecule has 9 heteroatoms. The molecule has 0 saturated heterocycles. The van der Waals surface area contributed by atoms with Crippen LogP contribution in [0.4, 0.5) is 0 Å². The molecule has 56 valence electrons. The zero-order chi connectivity index (χ0) is 0. The van der Waals surface area contributed by atoms with Crippen molar-refractivity contribution in [1.29, 1.82) is 0 Å². The zero-order valence-corrected chi connectivity index (χ0v) is 16.8. The Kier molecular flexibility index (Phi) is 1140. The third kappa shape index (κ3) is 74.0. The minimum absolute atomic E-state index is 0. The molecule has 9 heavy (non-hydrogen) atoms. The fraction of sp³-hybridized carbons (Fsp3) is 0. The standard InChI is InChI=1S/2Bi.2Fe.2Mo.3O/q;;2*+3;;;3*-2. The van der Waals surface area contributed by atoms with Gasteiger partial charge in [0.15, 0.2) is 0 Å². The van der Waals surface area contributed by atoms with Crippen molar-refractivity contribution in [3.63, 3.8) is 0 Å². The summed E-state index contributed by atoms with van der Waals surface area (Å²) in [7, 11) is 0. The van der Waals surface area contributed by atoms with Crippen molar-refractivity contribution in [3.05, 3.63) is 0 Å². The first-order valence-corrected chi connectivity index (χ1v) is 0. The summed E-state index contributed by atoms with van der Waals surface area (Å²) in [6.45, 7) is 0. The number of hydrogen-bond donors (Lipinski definition) is 0. The van der Waals surface area contributed by atoms with E-state index in [1.54, 1.807) is 0 Å². The molecule has 0 aliphatic heterocycles. The molecule has 0 spiro atoms. The summed E-state index contributed by atoms with van der Waals surface area (Å²) in [6, 6.07) is 0. The van der Waals surface area contributed by atoms with Crippen molar-refractivity contribution < 1.29 is 92.7 Å². The molecule has 0 atom stereocenters. The topological polar surface area (TPSA) is 85.5 Å². The first kappa shape index (κ1) is 115. The molecule has 0 N–H and O–H groups in total. The first-order chi connectivity index (χ1) is 0. The van der Waals surface area contributed by atoms with E-state index in [4.69, 9.17) is 0 Å². The van der Waals surface area contributed by atoms with Crippen LogP contribution in [0.5, 0.6) is 0 Å². The summed E-state index contributed by atoms with van der Waals surface area (Å²) in [5.41, 5.74) is 0. The van der Waals surface area contributed by atoms with Crippen LogP contribution >= 0.6 is 0 Å². The molecule has 0 rings (SSSR count). The predicted molar refractivity (Wildman–Crippen MR) is 13.6 cm³/mol. The quantitative estimate of drug-likeness (QED) is 0.280. The van der Waals surface area contributed by atoms with Gasteiger partial charge in [-0.1, -0.05) is 0 Å². The maximum Gasteiger partial charge on any atom is 3.00 e. The van der Waals surface area contributed by atoms with Gasteiger partial charge in [-0.05, 0) is 0 Å². The molecule has 0 saturated carbocycles. The molecule has 8 radical (unpaired) electrons. The van der Waals surface area contributed by atoms with Crippen LogP contribution in [0.1, 0.15) is 0 Å². The summed E-state index contributed by atoms with van der Waals surface area (Å²) >= 11 is 0. The van der Waals surface area contributed by atoms with E-state index in [1.807, 2.05) is 0 Å². The molecule has 0 aromatic carbocycles. The van der Waals surface area contributed by atoms with Gasteiger partial charge in [0.2, 0.25) is 0 Å². The second-order valence-electron chi connectivity index (χ2n) is 0. The van der Waals surface area contributed by atoms with Crippen molar-refractivity contribution in [2.24, 2.45) is 0 Å². The largest absolute Gasteiger partial charge is 3.00 e.